The van der Waals surface area contributed by atoms with Crippen molar-refractivity contribution in [2.45, 2.75) is 26.6 Å². The van der Waals surface area contributed by atoms with Gasteiger partial charge in [0.1, 0.15) is 11.3 Å². The van der Waals surface area contributed by atoms with Crippen LogP contribution in [-0.2, 0) is 9.53 Å². The Labute approximate surface area is 154 Å². The molecular weight excluding hydrogens is 360 g/mol. The minimum atomic E-state index is -3.10. The number of alkyl halides is 2. The lowest BCUT2D eigenvalue weighted by Gasteiger charge is -2.14. The number of hydrogen-bond acceptors (Lipinski definition) is 5. The molecule has 0 aliphatic rings. The van der Waals surface area contributed by atoms with Crippen LogP contribution in [0.5, 0.6) is 5.75 Å². The van der Waals surface area contributed by atoms with Gasteiger partial charge in [0.15, 0.2) is 6.10 Å². The first kappa shape index (κ1) is 20.0. The quantitative estimate of drug-likeness (QED) is 0.588. The van der Waals surface area contributed by atoms with Gasteiger partial charge < -0.3 is 14.8 Å². The lowest BCUT2D eigenvalue weighted by Crippen LogP contribution is -2.25. The van der Waals surface area contributed by atoms with Gasteiger partial charge in [-0.3, -0.25) is 9.59 Å². The van der Waals surface area contributed by atoms with E-state index in [1.54, 1.807) is 0 Å². The van der Waals surface area contributed by atoms with E-state index in [1.165, 1.54) is 62.4 Å². The molecule has 0 aliphatic heterocycles. The lowest BCUT2D eigenvalue weighted by atomic mass is 10.1. The second-order valence-corrected chi connectivity index (χ2v) is 5.54. The van der Waals surface area contributed by atoms with Gasteiger partial charge in [-0.1, -0.05) is 12.1 Å². The van der Waals surface area contributed by atoms with Crippen LogP contribution in [0, 0.1) is 0 Å². The molecule has 1 N–H and O–H groups in total. The molecule has 0 unspecified atom stereocenters. The number of nitrogens with one attached hydrogen (secondary N) is 1. The molecule has 2 aromatic carbocycles. The Morgan fingerprint density at radius 2 is 1.63 bits per heavy atom. The van der Waals surface area contributed by atoms with E-state index in [9.17, 15) is 23.2 Å². The van der Waals surface area contributed by atoms with Crippen LogP contribution in [0.2, 0.25) is 0 Å². The maximum absolute atomic E-state index is 12.4. The maximum atomic E-state index is 12.4. The number of ketones is 1. The van der Waals surface area contributed by atoms with E-state index in [2.05, 4.69) is 10.1 Å². The Balaban J connectivity index is 2.08. The fourth-order valence-electron chi connectivity index (χ4n) is 2.27. The number of esters is 1. The first-order valence-corrected chi connectivity index (χ1v) is 7.94. The minimum absolute atomic E-state index is 0.210. The van der Waals surface area contributed by atoms with Crippen molar-refractivity contribution in [2.24, 2.45) is 0 Å². The molecule has 0 aromatic heterocycles. The first-order valence-electron chi connectivity index (χ1n) is 7.94. The van der Waals surface area contributed by atoms with Gasteiger partial charge in [0.05, 0.1) is 0 Å². The second kappa shape index (κ2) is 8.88. The predicted octanol–water partition coefficient (Wildman–Crippen LogP) is 3.67. The molecule has 8 heteroatoms. The van der Waals surface area contributed by atoms with Crippen LogP contribution in [0.25, 0.3) is 0 Å². The average molecular weight is 377 g/mol. The summed E-state index contributed by atoms with van der Waals surface area (Å²) in [5.74, 6) is -2.02. The van der Waals surface area contributed by atoms with Crippen LogP contribution in [0.4, 0.5) is 14.5 Å². The zero-order valence-electron chi connectivity index (χ0n) is 14.6. The number of benzene rings is 2. The number of hydrogen-bond donors (Lipinski definition) is 1. The topological polar surface area (TPSA) is 81.7 Å². The lowest BCUT2D eigenvalue weighted by molar-refractivity contribution is -0.114. The molecule has 2 rings (SSSR count). The number of halogens is 2. The van der Waals surface area contributed by atoms with E-state index in [-0.39, 0.29) is 22.8 Å². The van der Waals surface area contributed by atoms with Crippen LogP contribution in [0.1, 0.15) is 34.6 Å². The third kappa shape index (κ3) is 5.60. The van der Waals surface area contributed by atoms with E-state index in [1.807, 2.05) is 0 Å². The molecule has 1 amide bonds. The summed E-state index contributed by atoms with van der Waals surface area (Å²) in [5, 5.41) is 2.56. The monoisotopic (exact) mass is 377 g/mol. The van der Waals surface area contributed by atoms with Gasteiger partial charge >= 0.3 is 12.6 Å². The van der Waals surface area contributed by atoms with E-state index >= 15 is 0 Å². The largest absolute Gasteiger partial charge is 0.451 e. The van der Waals surface area contributed by atoms with Gasteiger partial charge in [0.25, 0.3) is 0 Å². The Morgan fingerprint density at radius 3 is 2.22 bits per heavy atom. The van der Waals surface area contributed by atoms with Crippen LogP contribution in [0.3, 0.4) is 0 Å². The highest BCUT2D eigenvalue weighted by Crippen LogP contribution is 2.22. The summed E-state index contributed by atoms with van der Waals surface area (Å²) in [5.41, 5.74) is 0.571. The van der Waals surface area contributed by atoms with Crippen LogP contribution < -0.4 is 10.1 Å². The third-order valence-electron chi connectivity index (χ3n) is 3.47. The summed E-state index contributed by atoms with van der Waals surface area (Å²) in [6.07, 6.45) is -1.15. The SMILES string of the molecule is CC(=O)Nc1ccc(C(=O)[C@@H](C)OC(=O)c2ccccc2OC(F)F)cc1. The van der Waals surface area contributed by atoms with Crippen molar-refractivity contribution in [3.05, 3.63) is 59.7 Å². The van der Waals surface area contributed by atoms with Gasteiger partial charge in [-0.05, 0) is 43.3 Å². The fourth-order valence-corrected chi connectivity index (χ4v) is 2.27. The molecule has 0 bridgehead atoms. The van der Waals surface area contributed by atoms with E-state index in [4.69, 9.17) is 4.74 Å². The highest BCUT2D eigenvalue weighted by atomic mass is 19.3. The van der Waals surface area contributed by atoms with Crippen LogP contribution >= 0.6 is 0 Å². The number of anilines is 1. The van der Waals surface area contributed by atoms with Gasteiger partial charge in [0.2, 0.25) is 11.7 Å². The van der Waals surface area contributed by atoms with Gasteiger partial charge in [-0.15, -0.1) is 0 Å². The predicted molar refractivity (Wildman–Crippen MR) is 93.0 cm³/mol. The number of para-hydroxylation sites is 1. The Bertz CT molecular complexity index is 836. The molecule has 0 radical (unpaired) electrons. The zero-order valence-corrected chi connectivity index (χ0v) is 14.6. The summed E-state index contributed by atoms with van der Waals surface area (Å²) in [7, 11) is 0. The number of carbonyl (C=O) groups is 3. The molecule has 0 saturated carbocycles. The Morgan fingerprint density at radius 1 is 1.00 bits per heavy atom. The number of rotatable bonds is 7. The number of Topliss-reactive ketones (excluding diaryl/α,β-unsaturated/α-hetero) is 1. The molecular formula is C19H17F2NO5. The van der Waals surface area contributed by atoms with Crippen LogP contribution in [-0.4, -0.2) is 30.4 Å². The van der Waals surface area contributed by atoms with E-state index in [0.29, 0.717) is 5.69 Å². The molecule has 2 aromatic rings. The van der Waals surface area contributed by atoms with Crippen molar-refractivity contribution in [3.8, 4) is 5.75 Å². The summed E-state index contributed by atoms with van der Waals surface area (Å²) in [6.45, 7) is -0.366. The molecule has 1 atom stereocenters. The van der Waals surface area contributed by atoms with Crippen molar-refractivity contribution in [1.29, 1.82) is 0 Å². The smallest absolute Gasteiger partial charge is 0.387 e. The molecule has 0 fully saturated rings. The van der Waals surface area contributed by atoms with Crippen molar-refractivity contribution in [2.75, 3.05) is 5.32 Å². The third-order valence-corrected chi connectivity index (χ3v) is 3.47. The molecule has 0 aliphatic carbocycles. The van der Waals surface area contributed by atoms with Crippen molar-refractivity contribution in [3.63, 3.8) is 0 Å². The molecule has 142 valence electrons. The standard InChI is InChI=1S/C19H17F2NO5/c1-11(17(24)13-7-9-14(10-8-13)22-12(2)23)26-18(25)15-5-3-4-6-16(15)27-19(20)21/h3-11,19H,1-2H3,(H,22,23)/t11-/m1/s1. The highest BCUT2D eigenvalue weighted by molar-refractivity contribution is 6.02. The molecule has 27 heavy (non-hydrogen) atoms. The fraction of sp³-hybridized carbons (Fsp3) is 0.211. The molecule has 0 saturated heterocycles. The van der Waals surface area contributed by atoms with Crippen molar-refractivity contribution >= 4 is 23.3 Å². The van der Waals surface area contributed by atoms with Crippen LogP contribution in [0.15, 0.2) is 48.5 Å². The van der Waals surface area contributed by atoms with E-state index in [0.717, 1.165) is 0 Å². The second-order valence-electron chi connectivity index (χ2n) is 5.54. The van der Waals surface area contributed by atoms with E-state index < -0.39 is 24.5 Å². The molecule has 6 nitrogen and oxygen atoms in total. The minimum Gasteiger partial charge on any atom is -0.451 e. The summed E-state index contributed by atoms with van der Waals surface area (Å²) < 4.78 is 34.2. The summed E-state index contributed by atoms with van der Waals surface area (Å²) >= 11 is 0. The number of carbonyl (C=O) groups excluding carboxylic acids is 3. The maximum Gasteiger partial charge on any atom is 0.387 e. The zero-order chi connectivity index (χ0) is 20.0. The molecule has 0 spiro atoms. The average Bonchev–Trinajstić information content (AvgIpc) is 2.61. The first-order chi connectivity index (χ1) is 12.8. The van der Waals surface area contributed by atoms with Gasteiger partial charge in [-0.25, -0.2) is 4.79 Å². The normalized spacial score (nSPS) is 11.6. The molecule has 0 heterocycles. The summed E-state index contributed by atoms with van der Waals surface area (Å²) in [4.78, 5) is 35.6. The number of amides is 1. The van der Waals surface area contributed by atoms with Crippen molar-refractivity contribution in [1.82, 2.24) is 0 Å². The van der Waals surface area contributed by atoms with Gasteiger partial charge in [0, 0.05) is 18.2 Å². The van der Waals surface area contributed by atoms with Crippen molar-refractivity contribution < 1.29 is 32.6 Å². The Kier molecular flexibility index (Phi) is 6.59. The summed E-state index contributed by atoms with van der Waals surface area (Å²) in [6, 6.07) is 11.4. The number of ether oxygens (including phenoxy) is 2. The van der Waals surface area contributed by atoms with Gasteiger partial charge in [-0.2, -0.15) is 8.78 Å². The Hall–Kier alpha value is -3.29. The highest BCUT2D eigenvalue weighted by Gasteiger charge is 2.23.